The Labute approximate surface area is 475 Å². The summed E-state index contributed by atoms with van der Waals surface area (Å²) in [5, 5.41) is 231. The molecule has 2 amide bonds. The molecule has 7 aliphatic heterocycles. The number of carbonyl (C=O) groups excluding carboxylic acids is 2. The minimum Gasteiger partial charge on any atom is -0.394 e. The van der Waals surface area contributed by atoms with Crippen molar-refractivity contribution in [2.75, 3.05) is 46.2 Å². The number of carbonyl (C=O) groups is 2. The van der Waals surface area contributed by atoms with Crippen molar-refractivity contribution < 1.29 is 178 Å². The van der Waals surface area contributed by atoms with Crippen molar-refractivity contribution in [2.45, 2.75) is 229 Å². The maximum Gasteiger partial charge on any atom is 0.217 e. The van der Waals surface area contributed by atoms with Crippen LogP contribution >= 0.6 is 0 Å². The second kappa shape index (κ2) is 29.9. The summed E-state index contributed by atoms with van der Waals surface area (Å²) in [5.41, 5.74) is 0. The van der Waals surface area contributed by atoms with Crippen molar-refractivity contribution in [2.24, 2.45) is 0 Å². The molecule has 7 saturated heterocycles. The smallest absolute Gasteiger partial charge is 0.217 e. The van der Waals surface area contributed by atoms with Crippen LogP contribution in [0.1, 0.15) is 13.8 Å². The lowest BCUT2D eigenvalue weighted by Crippen LogP contribution is -2.70. The van der Waals surface area contributed by atoms with Gasteiger partial charge in [-0.15, -0.1) is 0 Å². The van der Waals surface area contributed by atoms with Crippen molar-refractivity contribution in [3.63, 3.8) is 0 Å². The van der Waals surface area contributed by atoms with E-state index >= 15 is 0 Å². The molecule has 0 aromatic rings. The van der Waals surface area contributed by atoms with E-state index in [1.807, 2.05) is 0 Å². The van der Waals surface area contributed by atoms with Crippen molar-refractivity contribution >= 4 is 11.8 Å². The summed E-state index contributed by atoms with van der Waals surface area (Å²) in [7, 11) is 0. The molecule has 0 unspecified atom stereocenters. The van der Waals surface area contributed by atoms with Gasteiger partial charge in [0.25, 0.3) is 0 Å². The third kappa shape index (κ3) is 14.9. The van der Waals surface area contributed by atoms with E-state index < -0.39 is 273 Å². The second-order valence-electron chi connectivity index (χ2n) is 21.1. The predicted molar refractivity (Wildman–Crippen MR) is 255 cm³/mol. The molecule has 0 bridgehead atoms. The topological polar surface area (TPSA) is 603 Å². The molecule has 7 heterocycles. The van der Waals surface area contributed by atoms with Crippen molar-refractivity contribution in [3.8, 4) is 0 Å². The van der Waals surface area contributed by atoms with Gasteiger partial charge < -0.3 is 179 Å². The molecule has 7 aliphatic rings. The zero-order valence-corrected chi connectivity index (χ0v) is 44.7. The number of hydrogen-bond donors (Lipinski definition) is 23. The maximum absolute atomic E-state index is 12.7. The third-order valence-corrected chi connectivity index (χ3v) is 15.3. The van der Waals surface area contributed by atoms with Gasteiger partial charge in [0.15, 0.2) is 44.0 Å². The van der Waals surface area contributed by atoms with Crippen LogP contribution in [0, 0.1) is 0 Å². The van der Waals surface area contributed by atoms with E-state index in [-0.39, 0.29) is 0 Å². The summed E-state index contributed by atoms with van der Waals surface area (Å²) >= 11 is 0. The highest BCUT2D eigenvalue weighted by Gasteiger charge is 2.58. The molecule has 0 saturated carbocycles. The summed E-state index contributed by atoms with van der Waals surface area (Å²) in [6.07, 6.45) is -65.1. The maximum atomic E-state index is 12.7. The van der Waals surface area contributed by atoms with E-state index in [4.69, 9.17) is 61.6 Å². The van der Waals surface area contributed by atoms with Gasteiger partial charge >= 0.3 is 0 Å². The zero-order chi connectivity index (χ0) is 61.9. The number of hydrogen-bond acceptors (Lipinski definition) is 36. The van der Waals surface area contributed by atoms with Crippen LogP contribution < -0.4 is 10.6 Å². The minimum atomic E-state index is -2.34. The monoisotopic (exact) mass is 1230 g/mol. The number of nitrogens with one attached hydrogen (secondary N) is 2. The average molecular weight is 1240 g/mol. The number of amides is 2. The molecule has 0 aliphatic carbocycles. The third-order valence-electron chi connectivity index (χ3n) is 15.3. The fourth-order valence-electron chi connectivity index (χ4n) is 10.6. The summed E-state index contributed by atoms with van der Waals surface area (Å²) < 4.78 is 74.3. The highest BCUT2D eigenvalue weighted by molar-refractivity contribution is 5.73. The van der Waals surface area contributed by atoms with Crippen molar-refractivity contribution in [3.05, 3.63) is 0 Å². The molecular formula is C46H78N2O36. The first-order valence-electron chi connectivity index (χ1n) is 26.6. The van der Waals surface area contributed by atoms with E-state index in [9.17, 15) is 117 Å². The fraction of sp³-hybridized carbons (Fsp3) is 0.957. The highest BCUT2D eigenvalue weighted by Crippen LogP contribution is 2.37. The standard InChI is InChI=1S/C46H78N2O36/c1-10(54)47-19-26(61)36(15(6-52)74-40(19)71)81-41-20(48-11(2)55)27(62)37(16(7-53)78-41)82-46-35(70)39(84-45-33(68)30(65)23(58)14(5-51)77-45)25(60)18(80-46)9-73-43-34(69)38(83-44-32(67)29(64)22(57)13(4-50)76-44)24(59)17(79-43)8-72-42-31(66)28(63)21(56)12(3-49)75-42/h12-46,49-53,56-71H,3-9H2,1-2H3,(H,47,54)(H,48,55)/t12-,13-,14-,15-,16-,17-,18-,19-,20-,21-,22-,23-,24-,25-,26-,27-,28+,29+,30+,31+,32+,33+,34+,35+,36-,37-,38+,39+,40-,41+,42-,43-,44+,45+,46+/m1/s1. The van der Waals surface area contributed by atoms with Crippen LogP contribution in [-0.4, -0.2) is 380 Å². The summed E-state index contributed by atoms with van der Waals surface area (Å²) in [6.45, 7) is -4.78. The van der Waals surface area contributed by atoms with Gasteiger partial charge in [0.05, 0.1) is 46.2 Å². The minimum absolute atomic E-state index is 0.738. The predicted octanol–water partition coefficient (Wildman–Crippen LogP) is -16.0. The lowest BCUT2D eigenvalue weighted by atomic mass is 9.94. The molecule has 38 heteroatoms. The van der Waals surface area contributed by atoms with Crippen molar-refractivity contribution in [1.29, 1.82) is 0 Å². The first-order valence-corrected chi connectivity index (χ1v) is 26.6. The summed E-state index contributed by atoms with van der Waals surface area (Å²) in [6, 6.07) is -3.37. The fourth-order valence-corrected chi connectivity index (χ4v) is 10.6. The Kier molecular flexibility index (Phi) is 24.6. The Morgan fingerprint density at radius 3 is 1.04 bits per heavy atom. The highest BCUT2D eigenvalue weighted by atomic mass is 16.8. The molecule has 23 N–H and O–H groups in total. The number of aliphatic hydroxyl groups is 21. The molecule has 488 valence electrons. The van der Waals surface area contributed by atoms with E-state index in [0.717, 1.165) is 13.8 Å². The van der Waals surface area contributed by atoms with Crippen LogP contribution in [-0.2, 0) is 71.2 Å². The molecule has 84 heavy (non-hydrogen) atoms. The lowest BCUT2D eigenvalue weighted by molar-refractivity contribution is -0.387. The molecular weight excluding hydrogens is 1160 g/mol. The van der Waals surface area contributed by atoms with Crippen LogP contribution in [0.4, 0.5) is 0 Å². The van der Waals surface area contributed by atoms with Crippen LogP contribution in [0.3, 0.4) is 0 Å². The van der Waals surface area contributed by atoms with Crippen LogP contribution in [0.15, 0.2) is 0 Å². The van der Waals surface area contributed by atoms with E-state index in [1.165, 1.54) is 0 Å². The molecule has 38 nitrogen and oxygen atoms in total. The Morgan fingerprint density at radius 1 is 0.310 bits per heavy atom. The van der Waals surface area contributed by atoms with Gasteiger partial charge in [-0.1, -0.05) is 0 Å². The van der Waals surface area contributed by atoms with Crippen LogP contribution in [0.25, 0.3) is 0 Å². The summed E-state index contributed by atoms with van der Waals surface area (Å²) in [4.78, 5) is 24.6. The largest absolute Gasteiger partial charge is 0.394 e. The van der Waals surface area contributed by atoms with E-state index in [0.29, 0.717) is 0 Å². The lowest BCUT2D eigenvalue weighted by Gasteiger charge is -2.50. The molecule has 0 radical (unpaired) electrons. The van der Waals surface area contributed by atoms with Crippen molar-refractivity contribution in [1.82, 2.24) is 10.6 Å². The van der Waals surface area contributed by atoms with Crippen LogP contribution in [0.2, 0.25) is 0 Å². The average Bonchev–Trinajstić information content (AvgIpc) is 1.85. The molecule has 7 rings (SSSR count). The quantitative estimate of drug-likeness (QED) is 0.0507. The summed E-state index contributed by atoms with van der Waals surface area (Å²) in [5.74, 6) is -1.61. The van der Waals surface area contributed by atoms with Gasteiger partial charge in [-0.25, -0.2) is 0 Å². The van der Waals surface area contributed by atoms with Gasteiger partial charge in [-0.2, -0.15) is 0 Å². The van der Waals surface area contributed by atoms with Gasteiger partial charge in [-0.3, -0.25) is 9.59 Å². The van der Waals surface area contributed by atoms with E-state index in [1.54, 1.807) is 0 Å². The second-order valence-corrected chi connectivity index (χ2v) is 21.1. The first-order chi connectivity index (χ1) is 39.7. The molecule has 7 fully saturated rings. The Balaban J connectivity index is 1.17. The molecule has 35 atom stereocenters. The number of aliphatic hydroxyl groups excluding tert-OH is 21. The number of ether oxygens (including phenoxy) is 13. The molecule has 0 aromatic carbocycles. The Bertz CT molecular complexity index is 2060. The van der Waals surface area contributed by atoms with Crippen LogP contribution in [0.5, 0.6) is 0 Å². The normalized spacial score (nSPS) is 50.3. The Hall–Kier alpha value is -2.42. The van der Waals surface area contributed by atoms with E-state index in [2.05, 4.69) is 10.6 Å². The Morgan fingerprint density at radius 2 is 0.607 bits per heavy atom. The first kappa shape index (κ1) is 69.1. The van der Waals surface area contributed by atoms with Gasteiger partial charge in [0, 0.05) is 13.8 Å². The molecule has 0 aromatic heterocycles. The molecule has 0 spiro atoms. The SMILES string of the molecule is CC(=O)N[C@@H]1[C@@H](O)[C@H](O[C@@H]2O[C@H](CO)[C@@H](O[C@@H]3O[C@H](CO[C@@H]4O[C@H](CO[C@@H]5O[C@H](CO)[C@@H](O)[C@H](O)[C@@H]5O)[C@@H](O)[C@H](O[C@@H]5O[C@H](CO)[C@@H](O)[C@H](O)[C@@H]5O)[C@@H]4O)[C@@H](O)[C@H](O[C@@H]4O[C@H](CO)[C@@H](O)[C@H](O)[C@@H]4O)[C@@H]3O)[C@H](O)[C@H]2NC(C)=O)[C@@H](CO)O[C@H]1O. The van der Waals surface area contributed by atoms with Gasteiger partial charge in [-0.05, 0) is 0 Å². The van der Waals surface area contributed by atoms with Gasteiger partial charge in [0.1, 0.15) is 171 Å². The van der Waals surface area contributed by atoms with Gasteiger partial charge in [0.2, 0.25) is 11.8 Å². The number of rotatable bonds is 21. The zero-order valence-electron chi connectivity index (χ0n) is 44.7.